The van der Waals surface area contributed by atoms with Crippen LogP contribution in [0.3, 0.4) is 0 Å². The summed E-state index contributed by atoms with van der Waals surface area (Å²) >= 11 is 0. The van der Waals surface area contributed by atoms with E-state index >= 15 is 0 Å². The zero-order valence-electron chi connectivity index (χ0n) is 14.5. The minimum Gasteiger partial charge on any atom is -0.427 e. The number of carbonyl (C=O) groups excluding carboxylic acids is 1. The van der Waals surface area contributed by atoms with Gasteiger partial charge in [-0.15, -0.1) is 13.2 Å². The van der Waals surface area contributed by atoms with E-state index in [1.807, 2.05) is 0 Å². The molecule has 0 unspecified atom stereocenters. The van der Waals surface area contributed by atoms with E-state index in [1.54, 1.807) is 27.7 Å². The first-order chi connectivity index (χ1) is 11.2. The highest BCUT2D eigenvalue weighted by Gasteiger charge is 2.36. The molecule has 1 aromatic carbocycles. The Labute approximate surface area is 145 Å². The number of hydrogen-bond acceptors (Lipinski definition) is 4. The lowest BCUT2D eigenvalue weighted by Crippen LogP contribution is -2.49. The first kappa shape index (κ1) is 21.0. The number of anilines is 1. The molecular formula is C16H21BF3NO4. The van der Waals surface area contributed by atoms with Crippen molar-refractivity contribution < 1.29 is 32.5 Å². The van der Waals surface area contributed by atoms with Crippen molar-refractivity contribution in [2.75, 3.05) is 5.32 Å². The van der Waals surface area contributed by atoms with E-state index < -0.39 is 29.2 Å². The van der Waals surface area contributed by atoms with Gasteiger partial charge in [0.2, 0.25) is 5.91 Å². The van der Waals surface area contributed by atoms with Gasteiger partial charge in [-0.1, -0.05) is 18.1 Å². The number of rotatable bonds is 7. The van der Waals surface area contributed by atoms with E-state index in [4.69, 9.17) is 4.65 Å². The molecule has 0 aromatic heterocycles. The lowest BCUT2D eigenvalue weighted by atomic mass is 9.82. The Morgan fingerprint density at radius 1 is 1.28 bits per heavy atom. The van der Waals surface area contributed by atoms with Gasteiger partial charge in [-0.25, -0.2) is 0 Å². The molecule has 2 N–H and O–H groups in total. The van der Waals surface area contributed by atoms with Gasteiger partial charge < -0.3 is 19.8 Å². The first-order valence-corrected chi connectivity index (χ1v) is 7.43. The van der Waals surface area contributed by atoms with Crippen LogP contribution >= 0.6 is 0 Å². The fourth-order valence-electron chi connectivity index (χ4n) is 1.60. The fraction of sp³-hybridized carbons (Fsp3) is 0.438. The standard InChI is InChI=1S/C16H21BF3NO4/c1-6-13(22)21-11-9-10(7-8-12(11)24-16(18,19)20)17-25-15(4,5)14(2,3)23/h6-9,17,23H,1H2,2-5H3,(H,21,22). The van der Waals surface area contributed by atoms with Crippen molar-refractivity contribution in [3.8, 4) is 5.75 Å². The topological polar surface area (TPSA) is 67.8 Å². The largest absolute Gasteiger partial charge is 0.573 e. The van der Waals surface area contributed by atoms with E-state index in [-0.39, 0.29) is 13.2 Å². The molecule has 1 aromatic rings. The van der Waals surface area contributed by atoms with Crippen LogP contribution in [0.5, 0.6) is 5.75 Å². The third-order valence-electron chi connectivity index (χ3n) is 3.79. The Hall–Kier alpha value is -2.00. The van der Waals surface area contributed by atoms with Crippen molar-refractivity contribution >= 4 is 24.5 Å². The summed E-state index contributed by atoms with van der Waals surface area (Å²) in [4.78, 5) is 11.4. The average molecular weight is 359 g/mol. The summed E-state index contributed by atoms with van der Waals surface area (Å²) in [6.45, 7) is 9.80. The Morgan fingerprint density at radius 3 is 2.36 bits per heavy atom. The molecule has 0 aliphatic rings. The minimum absolute atomic E-state index is 0.0141. The van der Waals surface area contributed by atoms with Crippen LogP contribution in [-0.4, -0.2) is 36.1 Å². The van der Waals surface area contributed by atoms with Gasteiger partial charge in [-0.05, 0) is 45.9 Å². The molecule has 0 saturated carbocycles. The van der Waals surface area contributed by atoms with Crippen LogP contribution < -0.4 is 15.5 Å². The Balaban J connectivity index is 3.05. The summed E-state index contributed by atoms with van der Waals surface area (Å²) < 4.78 is 47.0. The molecule has 0 atom stereocenters. The molecular weight excluding hydrogens is 338 g/mol. The summed E-state index contributed by atoms with van der Waals surface area (Å²) in [7, 11) is 0.0141. The molecule has 25 heavy (non-hydrogen) atoms. The minimum atomic E-state index is -4.89. The van der Waals surface area contributed by atoms with Crippen LogP contribution in [0, 0.1) is 0 Å². The third-order valence-corrected chi connectivity index (χ3v) is 3.79. The van der Waals surface area contributed by atoms with Gasteiger partial charge in [0.15, 0.2) is 5.75 Å². The SMILES string of the molecule is C=CC(=O)Nc1cc(BOC(C)(C)C(C)(C)O)ccc1OC(F)(F)F. The Morgan fingerprint density at radius 2 is 1.88 bits per heavy atom. The molecule has 0 spiro atoms. The maximum atomic E-state index is 12.5. The van der Waals surface area contributed by atoms with E-state index in [2.05, 4.69) is 16.6 Å². The zero-order valence-corrected chi connectivity index (χ0v) is 14.5. The number of alkyl halides is 3. The van der Waals surface area contributed by atoms with Crippen molar-refractivity contribution in [2.24, 2.45) is 0 Å². The highest BCUT2D eigenvalue weighted by Crippen LogP contribution is 2.30. The number of amides is 1. The molecule has 0 aliphatic heterocycles. The number of nitrogens with one attached hydrogen (secondary N) is 1. The number of ether oxygens (including phenoxy) is 1. The van der Waals surface area contributed by atoms with Crippen LogP contribution in [-0.2, 0) is 9.45 Å². The van der Waals surface area contributed by atoms with Crippen LogP contribution in [0.4, 0.5) is 18.9 Å². The molecule has 0 aliphatic carbocycles. The molecule has 0 heterocycles. The number of aliphatic hydroxyl groups is 1. The van der Waals surface area contributed by atoms with Gasteiger partial charge in [0.1, 0.15) is 0 Å². The third kappa shape index (κ3) is 6.43. The highest BCUT2D eigenvalue weighted by atomic mass is 19.4. The number of carbonyl (C=O) groups is 1. The monoisotopic (exact) mass is 359 g/mol. The van der Waals surface area contributed by atoms with E-state index in [0.29, 0.717) is 5.46 Å². The summed E-state index contributed by atoms with van der Waals surface area (Å²) in [6.07, 6.45) is -3.97. The van der Waals surface area contributed by atoms with E-state index in [0.717, 1.165) is 12.1 Å². The second-order valence-corrected chi connectivity index (χ2v) is 6.43. The van der Waals surface area contributed by atoms with Gasteiger partial charge in [-0.3, -0.25) is 4.79 Å². The molecule has 1 amide bonds. The summed E-state index contributed by atoms with van der Waals surface area (Å²) in [5.74, 6) is -1.23. The Kier molecular flexibility index (Phi) is 6.31. The van der Waals surface area contributed by atoms with Crippen LogP contribution in [0.1, 0.15) is 27.7 Å². The first-order valence-electron chi connectivity index (χ1n) is 7.43. The van der Waals surface area contributed by atoms with Crippen molar-refractivity contribution in [1.82, 2.24) is 0 Å². The molecule has 0 radical (unpaired) electrons. The fourth-order valence-corrected chi connectivity index (χ4v) is 1.60. The quantitative estimate of drug-likeness (QED) is 0.579. The maximum absolute atomic E-state index is 12.5. The number of halogens is 3. The van der Waals surface area contributed by atoms with Crippen molar-refractivity contribution in [1.29, 1.82) is 0 Å². The maximum Gasteiger partial charge on any atom is 0.573 e. The summed E-state index contributed by atoms with van der Waals surface area (Å²) in [5, 5.41) is 12.3. The summed E-state index contributed by atoms with van der Waals surface area (Å²) in [5.41, 5.74) is -1.71. The predicted octanol–water partition coefficient (Wildman–Crippen LogP) is 2.25. The number of hydrogen-bond donors (Lipinski definition) is 2. The van der Waals surface area contributed by atoms with Gasteiger partial charge in [-0.2, -0.15) is 0 Å². The lowest BCUT2D eigenvalue weighted by Gasteiger charge is -2.37. The second kappa shape index (κ2) is 7.49. The molecule has 0 fully saturated rings. The Bertz CT molecular complexity index is 639. The van der Waals surface area contributed by atoms with Crippen molar-refractivity contribution in [2.45, 2.75) is 45.3 Å². The lowest BCUT2D eigenvalue weighted by molar-refractivity contribution is -0.274. The smallest absolute Gasteiger partial charge is 0.427 e. The van der Waals surface area contributed by atoms with Gasteiger partial charge in [0.05, 0.1) is 16.9 Å². The van der Waals surface area contributed by atoms with Crippen LogP contribution in [0.2, 0.25) is 0 Å². The van der Waals surface area contributed by atoms with E-state index in [1.165, 1.54) is 12.1 Å². The summed E-state index contributed by atoms with van der Waals surface area (Å²) in [6, 6.07) is 3.77. The predicted molar refractivity (Wildman–Crippen MR) is 90.2 cm³/mol. The zero-order chi connectivity index (χ0) is 19.5. The van der Waals surface area contributed by atoms with E-state index in [9.17, 15) is 23.1 Å². The highest BCUT2D eigenvalue weighted by molar-refractivity contribution is 6.47. The average Bonchev–Trinajstić information content (AvgIpc) is 2.44. The second-order valence-electron chi connectivity index (χ2n) is 6.43. The van der Waals surface area contributed by atoms with Gasteiger partial charge >= 0.3 is 13.8 Å². The number of benzene rings is 1. The van der Waals surface area contributed by atoms with Gasteiger partial charge in [0, 0.05) is 0 Å². The van der Waals surface area contributed by atoms with Crippen molar-refractivity contribution in [3.63, 3.8) is 0 Å². The normalized spacial score (nSPS) is 12.5. The van der Waals surface area contributed by atoms with Gasteiger partial charge in [0.25, 0.3) is 0 Å². The molecule has 5 nitrogen and oxygen atoms in total. The molecule has 0 saturated heterocycles. The molecule has 1 rings (SSSR count). The van der Waals surface area contributed by atoms with Crippen LogP contribution in [0.25, 0.3) is 0 Å². The molecule has 138 valence electrons. The molecule has 9 heteroatoms. The van der Waals surface area contributed by atoms with Crippen LogP contribution in [0.15, 0.2) is 30.9 Å². The van der Waals surface area contributed by atoms with Crippen molar-refractivity contribution in [3.05, 3.63) is 30.9 Å². The molecule has 0 bridgehead atoms.